The van der Waals surface area contributed by atoms with Gasteiger partial charge in [-0.3, -0.25) is 4.90 Å². The third kappa shape index (κ3) is 6.68. The van der Waals surface area contributed by atoms with Gasteiger partial charge in [-0.25, -0.2) is 4.99 Å². The standard InChI is InChI=1S/C19H31N7O2.HI/c1-15-17(5-10-28-15)14-24(3)19(20-6-7-26-8-11-27-12-9-26)21-13-18-23-22-16(2)25(18)4;/h5,10H,6-9,11-14H2,1-4H3,(H,20,21);1H. The van der Waals surface area contributed by atoms with Crippen molar-refractivity contribution in [2.24, 2.45) is 12.0 Å². The second kappa shape index (κ2) is 11.5. The van der Waals surface area contributed by atoms with Crippen molar-refractivity contribution >= 4 is 29.9 Å². The lowest BCUT2D eigenvalue weighted by Crippen LogP contribution is -2.44. The third-order valence-corrected chi connectivity index (χ3v) is 5.10. The summed E-state index contributed by atoms with van der Waals surface area (Å²) >= 11 is 0. The molecule has 1 aliphatic rings. The van der Waals surface area contributed by atoms with Crippen molar-refractivity contribution in [1.82, 2.24) is 29.9 Å². The number of hydrogen-bond donors (Lipinski definition) is 1. The van der Waals surface area contributed by atoms with Gasteiger partial charge >= 0.3 is 0 Å². The second-order valence-corrected chi connectivity index (χ2v) is 7.10. The molecule has 2 aromatic rings. The Morgan fingerprint density at radius 3 is 2.66 bits per heavy atom. The molecule has 1 aliphatic heterocycles. The van der Waals surface area contributed by atoms with Crippen LogP contribution in [0.3, 0.4) is 0 Å². The van der Waals surface area contributed by atoms with Gasteiger partial charge in [0.15, 0.2) is 11.8 Å². The summed E-state index contributed by atoms with van der Waals surface area (Å²) in [5.41, 5.74) is 1.15. The van der Waals surface area contributed by atoms with Crippen LogP contribution in [0, 0.1) is 13.8 Å². The summed E-state index contributed by atoms with van der Waals surface area (Å²) in [6, 6.07) is 2.00. The van der Waals surface area contributed by atoms with Crippen molar-refractivity contribution in [1.29, 1.82) is 0 Å². The third-order valence-electron chi connectivity index (χ3n) is 5.10. The minimum absolute atomic E-state index is 0. The van der Waals surface area contributed by atoms with Crippen molar-refractivity contribution in [2.75, 3.05) is 46.4 Å². The molecule has 3 heterocycles. The number of nitrogens with zero attached hydrogens (tertiary/aromatic N) is 6. The van der Waals surface area contributed by atoms with E-state index in [9.17, 15) is 0 Å². The minimum atomic E-state index is 0. The number of aryl methyl sites for hydroxylation is 2. The van der Waals surface area contributed by atoms with Crippen LogP contribution in [0.5, 0.6) is 0 Å². The van der Waals surface area contributed by atoms with E-state index in [1.165, 1.54) is 0 Å². The van der Waals surface area contributed by atoms with Crippen molar-refractivity contribution in [2.45, 2.75) is 26.9 Å². The molecule has 10 heteroatoms. The molecule has 0 bridgehead atoms. The first kappa shape index (κ1) is 23.6. The number of morpholine rings is 1. The summed E-state index contributed by atoms with van der Waals surface area (Å²) in [4.78, 5) is 9.31. The molecule has 0 unspecified atom stereocenters. The van der Waals surface area contributed by atoms with Gasteiger partial charge in [0.25, 0.3) is 0 Å². The van der Waals surface area contributed by atoms with Crippen LogP contribution >= 0.6 is 24.0 Å². The van der Waals surface area contributed by atoms with Crippen LogP contribution < -0.4 is 5.32 Å². The maximum absolute atomic E-state index is 5.43. The number of furan rings is 1. The Balaban J connectivity index is 0.00000300. The molecular formula is C19H32IN7O2. The highest BCUT2D eigenvalue weighted by atomic mass is 127. The van der Waals surface area contributed by atoms with E-state index >= 15 is 0 Å². The van der Waals surface area contributed by atoms with Gasteiger partial charge in [-0.05, 0) is 19.9 Å². The van der Waals surface area contributed by atoms with E-state index in [4.69, 9.17) is 14.1 Å². The summed E-state index contributed by atoms with van der Waals surface area (Å²) in [5, 5.41) is 11.8. The van der Waals surface area contributed by atoms with E-state index in [1.54, 1.807) is 6.26 Å². The van der Waals surface area contributed by atoms with Gasteiger partial charge in [0, 0.05) is 52.4 Å². The van der Waals surface area contributed by atoms with E-state index in [-0.39, 0.29) is 24.0 Å². The van der Waals surface area contributed by atoms with Gasteiger partial charge in [-0.15, -0.1) is 34.2 Å². The van der Waals surface area contributed by atoms with Crippen LogP contribution in [0.1, 0.15) is 23.0 Å². The fourth-order valence-corrected chi connectivity index (χ4v) is 3.10. The molecule has 1 fully saturated rings. The Hall–Kier alpha value is -1.66. The molecule has 9 nitrogen and oxygen atoms in total. The van der Waals surface area contributed by atoms with Crippen LogP contribution in [-0.2, 0) is 24.9 Å². The van der Waals surface area contributed by atoms with E-state index < -0.39 is 0 Å². The van der Waals surface area contributed by atoms with E-state index in [0.717, 1.165) is 74.9 Å². The lowest BCUT2D eigenvalue weighted by atomic mass is 10.2. The number of hydrogen-bond acceptors (Lipinski definition) is 6. The summed E-state index contributed by atoms with van der Waals surface area (Å²) in [6.07, 6.45) is 1.73. The number of halogens is 1. The molecule has 1 saturated heterocycles. The molecule has 0 spiro atoms. The zero-order chi connectivity index (χ0) is 19.9. The maximum Gasteiger partial charge on any atom is 0.194 e. The molecule has 162 valence electrons. The zero-order valence-corrected chi connectivity index (χ0v) is 20.0. The summed E-state index contributed by atoms with van der Waals surface area (Å²) in [5.74, 6) is 3.50. The van der Waals surface area contributed by atoms with Crippen LogP contribution in [0.2, 0.25) is 0 Å². The van der Waals surface area contributed by atoms with Gasteiger partial charge < -0.3 is 23.9 Å². The smallest absolute Gasteiger partial charge is 0.194 e. The Labute approximate surface area is 189 Å². The van der Waals surface area contributed by atoms with Gasteiger partial charge in [-0.2, -0.15) is 0 Å². The normalized spacial score (nSPS) is 15.2. The van der Waals surface area contributed by atoms with Crippen molar-refractivity contribution in [3.05, 3.63) is 35.3 Å². The Morgan fingerprint density at radius 1 is 1.28 bits per heavy atom. The highest BCUT2D eigenvalue weighted by Crippen LogP contribution is 2.11. The highest BCUT2D eigenvalue weighted by Gasteiger charge is 2.13. The zero-order valence-electron chi connectivity index (χ0n) is 17.7. The van der Waals surface area contributed by atoms with E-state index in [2.05, 4.69) is 25.3 Å². The quantitative estimate of drug-likeness (QED) is 0.339. The minimum Gasteiger partial charge on any atom is -0.469 e. The van der Waals surface area contributed by atoms with E-state index in [1.807, 2.05) is 38.6 Å². The fraction of sp³-hybridized carbons (Fsp3) is 0.632. The highest BCUT2D eigenvalue weighted by molar-refractivity contribution is 14.0. The topological polar surface area (TPSA) is 84.0 Å². The van der Waals surface area contributed by atoms with E-state index in [0.29, 0.717) is 6.54 Å². The molecule has 0 aromatic carbocycles. The largest absolute Gasteiger partial charge is 0.469 e. The maximum atomic E-state index is 5.43. The van der Waals surface area contributed by atoms with Crippen LogP contribution in [0.15, 0.2) is 21.7 Å². The predicted octanol–water partition coefficient (Wildman–Crippen LogP) is 1.55. The molecule has 29 heavy (non-hydrogen) atoms. The second-order valence-electron chi connectivity index (χ2n) is 7.10. The molecule has 0 saturated carbocycles. The molecule has 1 N–H and O–H groups in total. The van der Waals surface area contributed by atoms with Crippen LogP contribution in [0.4, 0.5) is 0 Å². The monoisotopic (exact) mass is 517 g/mol. The van der Waals surface area contributed by atoms with Gasteiger partial charge in [-0.1, -0.05) is 0 Å². The first-order chi connectivity index (χ1) is 13.5. The molecule has 2 aromatic heterocycles. The van der Waals surface area contributed by atoms with Gasteiger partial charge in [0.1, 0.15) is 18.1 Å². The molecular weight excluding hydrogens is 485 g/mol. The summed E-state index contributed by atoms with van der Waals surface area (Å²) < 4.78 is 12.8. The Morgan fingerprint density at radius 2 is 2.03 bits per heavy atom. The first-order valence-corrected chi connectivity index (χ1v) is 9.72. The van der Waals surface area contributed by atoms with Gasteiger partial charge in [0.05, 0.1) is 19.5 Å². The number of nitrogens with one attached hydrogen (secondary N) is 1. The van der Waals surface area contributed by atoms with Crippen molar-refractivity contribution in [3.63, 3.8) is 0 Å². The Bertz CT molecular complexity index is 783. The summed E-state index contributed by atoms with van der Waals surface area (Å²) in [6.45, 7) is 10.5. The Kier molecular flexibility index (Phi) is 9.37. The fourth-order valence-electron chi connectivity index (χ4n) is 3.10. The van der Waals surface area contributed by atoms with Crippen LogP contribution in [-0.4, -0.2) is 77.0 Å². The average molecular weight is 517 g/mol. The van der Waals surface area contributed by atoms with Crippen molar-refractivity contribution in [3.8, 4) is 0 Å². The van der Waals surface area contributed by atoms with Crippen molar-refractivity contribution < 1.29 is 9.15 Å². The predicted molar refractivity (Wildman–Crippen MR) is 122 cm³/mol. The number of aliphatic imine (C=N–C) groups is 1. The number of aromatic nitrogens is 3. The van der Waals surface area contributed by atoms with Crippen LogP contribution in [0.25, 0.3) is 0 Å². The number of ether oxygens (including phenoxy) is 1. The molecule has 0 aliphatic carbocycles. The molecule has 0 amide bonds. The van der Waals surface area contributed by atoms with Gasteiger partial charge in [0.2, 0.25) is 0 Å². The lowest BCUT2D eigenvalue weighted by molar-refractivity contribution is 0.0388. The lowest BCUT2D eigenvalue weighted by Gasteiger charge is -2.28. The SMILES string of the molecule is Cc1occc1CN(C)C(=NCc1nnc(C)n1C)NCCN1CCOCC1.I. The molecule has 3 rings (SSSR count). The summed E-state index contributed by atoms with van der Waals surface area (Å²) in [7, 11) is 4.00. The number of guanidine groups is 1. The molecule has 0 radical (unpaired) electrons. The number of rotatable bonds is 7. The average Bonchev–Trinajstić information content (AvgIpc) is 3.24. The molecule has 0 atom stereocenters. The first-order valence-electron chi connectivity index (χ1n) is 9.72.